The van der Waals surface area contributed by atoms with Crippen molar-refractivity contribution < 1.29 is 32.6 Å². The van der Waals surface area contributed by atoms with Gasteiger partial charge < -0.3 is 19.1 Å². The zero-order chi connectivity index (χ0) is 18.6. The molecule has 25 heavy (non-hydrogen) atoms. The number of rotatable bonds is 4. The van der Waals surface area contributed by atoms with Crippen molar-refractivity contribution in [2.24, 2.45) is 0 Å². The Labute approximate surface area is 142 Å². The first kappa shape index (κ1) is 18.2. The number of anilines is 1. The van der Waals surface area contributed by atoms with E-state index in [1.54, 1.807) is 0 Å². The van der Waals surface area contributed by atoms with Crippen LogP contribution in [0.1, 0.15) is 0 Å². The Morgan fingerprint density at radius 3 is 2.24 bits per heavy atom. The number of allylic oxidation sites excluding steroid dienone is 2. The van der Waals surface area contributed by atoms with Crippen LogP contribution in [0.2, 0.25) is 0 Å². The Hall–Kier alpha value is -3.16. The fraction of sp³-hybridized carbons (Fsp3) is 0.176. The van der Waals surface area contributed by atoms with E-state index in [4.69, 9.17) is 9.47 Å². The maximum atomic E-state index is 14.4. The molecule has 6 nitrogen and oxygen atoms in total. The molecule has 0 aliphatic carbocycles. The molecule has 8 heteroatoms. The third-order valence-electron chi connectivity index (χ3n) is 3.37. The van der Waals surface area contributed by atoms with Gasteiger partial charge in [0.1, 0.15) is 11.5 Å². The number of esters is 2. The van der Waals surface area contributed by atoms with Crippen molar-refractivity contribution in [2.75, 3.05) is 26.2 Å². The minimum Gasteiger partial charge on any atom is -0.494 e. The van der Waals surface area contributed by atoms with Crippen molar-refractivity contribution in [1.29, 1.82) is 0 Å². The minimum atomic E-state index is -0.963. The van der Waals surface area contributed by atoms with Crippen LogP contribution in [0.25, 0.3) is 0 Å². The van der Waals surface area contributed by atoms with Gasteiger partial charge in [-0.3, -0.25) is 0 Å². The zero-order valence-electron chi connectivity index (χ0n) is 13.7. The van der Waals surface area contributed by atoms with Crippen LogP contribution in [0.4, 0.5) is 14.5 Å². The van der Waals surface area contributed by atoms with Gasteiger partial charge in [0.25, 0.3) is 0 Å². The molecule has 0 aromatic heterocycles. The van der Waals surface area contributed by atoms with Gasteiger partial charge in [0.15, 0.2) is 11.6 Å². The van der Waals surface area contributed by atoms with E-state index in [0.717, 1.165) is 25.2 Å². The van der Waals surface area contributed by atoms with Gasteiger partial charge in [-0.1, -0.05) is 6.08 Å². The van der Waals surface area contributed by atoms with E-state index in [1.807, 2.05) is 0 Å². The van der Waals surface area contributed by atoms with E-state index >= 15 is 0 Å². The second-order valence-electron chi connectivity index (χ2n) is 4.75. The molecule has 1 aliphatic rings. The highest BCUT2D eigenvalue weighted by Gasteiger charge is 2.29. The van der Waals surface area contributed by atoms with Crippen LogP contribution in [0.5, 0.6) is 5.75 Å². The molecule has 0 saturated carbocycles. The second kappa shape index (κ2) is 7.61. The highest BCUT2D eigenvalue weighted by Crippen LogP contribution is 2.32. The van der Waals surface area contributed by atoms with Crippen molar-refractivity contribution in [3.05, 3.63) is 59.5 Å². The van der Waals surface area contributed by atoms with Gasteiger partial charge in [-0.05, 0) is 12.2 Å². The number of ether oxygens (including phenoxy) is 3. The number of benzene rings is 1. The molecule has 1 aromatic carbocycles. The van der Waals surface area contributed by atoms with Crippen LogP contribution < -0.4 is 9.64 Å². The predicted molar refractivity (Wildman–Crippen MR) is 84.7 cm³/mol. The minimum absolute atomic E-state index is 0.151. The third kappa shape index (κ3) is 3.52. The SMILES string of the molecule is COC(=O)C1=C(C(=O)OC)N(c2cc(OC)c(F)cc2F)C=CC=C1. The fourth-order valence-corrected chi connectivity index (χ4v) is 2.21. The van der Waals surface area contributed by atoms with Crippen molar-refractivity contribution in [1.82, 2.24) is 0 Å². The summed E-state index contributed by atoms with van der Waals surface area (Å²) in [5.41, 5.74) is -0.644. The summed E-state index contributed by atoms with van der Waals surface area (Å²) in [4.78, 5) is 25.3. The molecule has 0 spiro atoms. The van der Waals surface area contributed by atoms with Gasteiger partial charge in [-0.25, -0.2) is 18.4 Å². The summed E-state index contributed by atoms with van der Waals surface area (Å²) in [7, 11) is 3.47. The van der Waals surface area contributed by atoms with Gasteiger partial charge in [-0.15, -0.1) is 0 Å². The van der Waals surface area contributed by atoms with E-state index in [9.17, 15) is 18.4 Å². The van der Waals surface area contributed by atoms with Gasteiger partial charge in [0.2, 0.25) is 0 Å². The molecular formula is C17H15F2NO5. The number of carbonyl (C=O) groups excluding carboxylic acids is 2. The highest BCUT2D eigenvalue weighted by atomic mass is 19.1. The number of hydrogen-bond acceptors (Lipinski definition) is 6. The monoisotopic (exact) mass is 351 g/mol. The van der Waals surface area contributed by atoms with Crippen molar-refractivity contribution >= 4 is 17.6 Å². The third-order valence-corrected chi connectivity index (χ3v) is 3.37. The Morgan fingerprint density at radius 2 is 1.64 bits per heavy atom. The van der Waals surface area contributed by atoms with Gasteiger partial charge in [-0.2, -0.15) is 0 Å². The topological polar surface area (TPSA) is 65.1 Å². The lowest BCUT2D eigenvalue weighted by Gasteiger charge is -2.24. The molecule has 132 valence electrons. The summed E-state index contributed by atoms with van der Waals surface area (Å²) in [6.45, 7) is 0. The highest BCUT2D eigenvalue weighted by molar-refractivity contribution is 6.05. The van der Waals surface area contributed by atoms with Crippen LogP contribution in [0, 0.1) is 11.6 Å². The van der Waals surface area contributed by atoms with E-state index in [1.165, 1.54) is 31.5 Å². The van der Waals surface area contributed by atoms with Gasteiger partial charge >= 0.3 is 11.9 Å². The number of nitrogens with zero attached hydrogens (tertiary/aromatic N) is 1. The fourth-order valence-electron chi connectivity index (χ4n) is 2.21. The van der Waals surface area contributed by atoms with Crippen LogP contribution in [0.15, 0.2) is 47.8 Å². The smallest absolute Gasteiger partial charge is 0.355 e. The molecule has 0 fully saturated rings. The molecule has 0 N–H and O–H groups in total. The van der Waals surface area contributed by atoms with Crippen LogP contribution >= 0.6 is 0 Å². The van der Waals surface area contributed by atoms with Crippen LogP contribution in [-0.4, -0.2) is 33.3 Å². The maximum absolute atomic E-state index is 14.4. The Kier molecular flexibility index (Phi) is 5.53. The first-order valence-corrected chi connectivity index (χ1v) is 7.02. The number of methoxy groups -OCH3 is 3. The molecule has 1 aromatic rings. The summed E-state index contributed by atoms with van der Waals surface area (Å²) in [5, 5.41) is 0. The van der Waals surface area contributed by atoms with Gasteiger partial charge in [0.05, 0.1) is 32.6 Å². The normalized spacial score (nSPS) is 13.6. The Bertz CT molecular complexity index is 798. The lowest BCUT2D eigenvalue weighted by molar-refractivity contribution is -0.139. The number of hydrogen-bond donors (Lipinski definition) is 0. The zero-order valence-corrected chi connectivity index (χ0v) is 13.7. The molecule has 1 heterocycles. The van der Waals surface area contributed by atoms with E-state index in [0.29, 0.717) is 6.07 Å². The predicted octanol–water partition coefficient (Wildman–Crippen LogP) is 2.46. The van der Waals surface area contributed by atoms with E-state index in [-0.39, 0.29) is 22.7 Å². The van der Waals surface area contributed by atoms with E-state index < -0.39 is 23.6 Å². The summed E-state index contributed by atoms with van der Waals surface area (Å²) >= 11 is 0. The van der Waals surface area contributed by atoms with Crippen LogP contribution in [0.3, 0.4) is 0 Å². The summed E-state index contributed by atoms with van der Waals surface area (Å²) in [6.07, 6.45) is 5.59. The molecular weight excluding hydrogens is 336 g/mol. The molecule has 1 aliphatic heterocycles. The largest absolute Gasteiger partial charge is 0.494 e. The number of carbonyl (C=O) groups is 2. The van der Waals surface area contributed by atoms with Gasteiger partial charge in [0, 0.05) is 18.3 Å². The summed E-state index contributed by atoms with van der Waals surface area (Å²) < 4.78 is 42.2. The lowest BCUT2D eigenvalue weighted by Crippen LogP contribution is -2.27. The standard InChI is InChI=1S/C17H15F2NO5/c1-23-14-9-13(11(18)8-12(14)19)20-7-5-4-6-10(16(21)24-2)15(20)17(22)25-3/h4-9H,1-3H3. The lowest BCUT2D eigenvalue weighted by atomic mass is 10.1. The van der Waals surface area contributed by atoms with Crippen LogP contribution in [-0.2, 0) is 19.1 Å². The van der Waals surface area contributed by atoms with Crippen molar-refractivity contribution in [3.8, 4) is 5.75 Å². The second-order valence-corrected chi connectivity index (χ2v) is 4.75. The molecule has 0 saturated heterocycles. The summed E-state index contributed by atoms with van der Waals surface area (Å²) in [5.74, 6) is -3.82. The molecule has 0 unspecified atom stereocenters. The van der Waals surface area contributed by atoms with E-state index in [2.05, 4.69) is 4.74 Å². The number of halogens is 2. The first-order chi connectivity index (χ1) is 11.9. The average Bonchev–Trinajstić information content (AvgIpc) is 2.83. The average molecular weight is 351 g/mol. The quantitative estimate of drug-likeness (QED) is 0.777. The Balaban J connectivity index is 2.73. The molecule has 0 atom stereocenters. The molecule has 2 rings (SSSR count). The van der Waals surface area contributed by atoms with Crippen molar-refractivity contribution in [2.45, 2.75) is 0 Å². The Morgan fingerprint density at radius 1 is 0.960 bits per heavy atom. The first-order valence-electron chi connectivity index (χ1n) is 7.02. The maximum Gasteiger partial charge on any atom is 0.355 e. The molecule has 0 radical (unpaired) electrons. The molecule has 0 amide bonds. The van der Waals surface area contributed by atoms with Crippen molar-refractivity contribution in [3.63, 3.8) is 0 Å². The summed E-state index contributed by atoms with van der Waals surface area (Å²) in [6, 6.07) is 1.69. The molecule has 0 bridgehead atoms.